The van der Waals surface area contributed by atoms with Crippen LogP contribution < -0.4 is 0 Å². The monoisotopic (exact) mass is 1020 g/mol. The van der Waals surface area contributed by atoms with Crippen LogP contribution in [0.5, 0.6) is 0 Å². The summed E-state index contributed by atoms with van der Waals surface area (Å²) in [7, 11) is -4.81. The number of rotatable bonds is 45. The zero-order valence-corrected chi connectivity index (χ0v) is 44.7. The van der Waals surface area contributed by atoms with Crippen molar-refractivity contribution in [1.29, 1.82) is 0 Å². The minimum Gasteiger partial charge on any atom is -0.462 e. The molecule has 0 saturated carbocycles. The van der Waals surface area contributed by atoms with Gasteiger partial charge in [-0.3, -0.25) is 23.4 Å². The van der Waals surface area contributed by atoms with Gasteiger partial charge >= 0.3 is 25.7 Å². The molecule has 0 radical (unpaired) electrons. The normalized spacial score (nSPS) is 14.8. The van der Waals surface area contributed by atoms with Gasteiger partial charge in [0, 0.05) is 19.3 Å². The van der Waals surface area contributed by atoms with Gasteiger partial charge in [0.1, 0.15) is 12.7 Å². The topological polar surface area (TPSA) is 155 Å². The third-order valence-corrected chi connectivity index (χ3v) is 10.6. The molecule has 0 spiro atoms. The van der Waals surface area contributed by atoms with E-state index in [4.69, 9.17) is 23.3 Å². The highest BCUT2D eigenvalue weighted by molar-refractivity contribution is 7.47. The van der Waals surface area contributed by atoms with Crippen LogP contribution in [0, 0.1) is 0 Å². The van der Waals surface area contributed by atoms with E-state index in [0.29, 0.717) is 25.7 Å². The van der Waals surface area contributed by atoms with Crippen molar-refractivity contribution in [1.82, 2.24) is 0 Å². The van der Waals surface area contributed by atoms with Crippen LogP contribution in [0.25, 0.3) is 0 Å². The van der Waals surface area contributed by atoms with Gasteiger partial charge in [-0.25, -0.2) is 4.57 Å². The maximum Gasteiger partial charge on any atom is 0.472 e. The van der Waals surface area contributed by atoms with Crippen LogP contribution in [-0.4, -0.2) is 66.5 Å². The molecule has 0 saturated heterocycles. The number of carbonyl (C=O) groups excluding carboxylic acids is 3. The van der Waals surface area contributed by atoms with Crippen LogP contribution in [0.2, 0.25) is 0 Å². The van der Waals surface area contributed by atoms with Gasteiger partial charge in [-0.2, -0.15) is 0 Å². The third-order valence-electron chi connectivity index (χ3n) is 9.66. The van der Waals surface area contributed by atoms with Crippen molar-refractivity contribution >= 4 is 25.7 Å². The molecule has 11 nitrogen and oxygen atoms in total. The van der Waals surface area contributed by atoms with Crippen LogP contribution >= 0.6 is 7.82 Å². The fraction of sp³-hybridized carbons (Fsp3) is 0.483. The second-order valence-corrected chi connectivity index (χ2v) is 17.6. The van der Waals surface area contributed by atoms with Gasteiger partial charge in [-0.1, -0.05) is 191 Å². The molecular weight excluding hydrogens is 928 g/mol. The Hall–Kier alpha value is -5.16. The molecule has 0 aromatic rings. The van der Waals surface area contributed by atoms with Crippen molar-refractivity contribution in [2.45, 2.75) is 161 Å². The lowest BCUT2D eigenvalue weighted by atomic mass is 10.2. The average Bonchev–Trinajstić information content (AvgIpc) is 3.37. The van der Waals surface area contributed by atoms with E-state index in [0.717, 1.165) is 83.5 Å². The zero-order chi connectivity index (χ0) is 52.7. The molecule has 0 aliphatic rings. The first kappa shape index (κ1) is 66.8. The Morgan fingerprint density at radius 3 is 0.917 bits per heavy atom. The summed E-state index contributed by atoms with van der Waals surface area (Å²) in [6, 6.07) is 0. The summed E-state index contributed by atoms with van der Waals surface area (Å²) in [5.41, 5.74) is 0. The minimum atomic E-state index is -4.81. The largest absolute Gasteiger partial charge is 0.472 e. The second kappa shape index (κ2) is 52.2. The number of aliphatic hydroxyl groups excluding tert-OH is 1. The number of hydrogen-bond acceptors (Lipinski definition) is 10. The van der Waals surface area contributed by atoms with Crippen LogP contribution in [0.15, 0.2) is 170 Å². The standard InChI is InChI=1S/C60H89O11P/c1-4-7-10-13-16-19-22-25-26-27-28-29-30-33-36-39-42-45-48-51-60(64)71-57(53-67-58(62)49-46-43-40-37-34-31-23-20-17-14-11-8-5-2)55-69-72(65,66)68-54-56(52-61)70-59(63)50-47-44-41-38-35-32-24-21-18-15-12-9-6-3/h7-12,16-21,25-26,28-29,31-36,40-45,56-57,61H,4-6,13-15,22-24,27,30,37-39,46-55H2,1-3H3,(H,65,66)/b10-7-,11-8-,12-9-,19-16-,20-17-,21-18-,26-25-,29-28-,34-31-,35-32-,36-33-,43-40-,44-41-,45-42-. The van der Waals surface area contributed by atoms with E-state index in [1.54, 1.807) is 0 Å². The molecule has 0 bridgehead atoms. The van der Waals surface area contributed by atoms with E-state index in [2.05, 4.69) is 142 Å². The number of esters is 3. The Balaban J connectivity index is 5.03. The van der Waals surface area contributed by atoms with E-state index in [1.807, 2.05) is 48.6 Å². The Bertz CT molecular complexity index is 1850. The number of allylic oxidation sites excluding steroid dienone is 28. The summed E-state index contributed by atoms with van der Waals surface area (Å²) in [5, 5.41) is 9.76. The van der Waals surface area contributed by atoms with Gasteiger partial charge in [-0.05, 0) is 109 Å². The lowest BCUT2D eigenvalue weighted by Crippen LogP contribution is -2.30. The van der Waals surface area contributed by atoms with Gasteiger partial charge in [0.25, 0.3) is 0 Å². The van der Waals surface area contributed by atoms with Gasteiger partial charge in [0.15, 0.2) is 6.10 Å². The van der Waals surface area contributed by atoms with Crippen LogP contribution in [0.4, 0.5) is 0 Å². The van der Waals surface area contributed by atoms with Crippen molar-refractivity contribution < 1.29 is 52.2 Å². The second-order valence-electron chi connectivity index (χ2n) is 16.2. The Morgan fingerprint density at radius 1 is 0.375 bits per heavy atom. The molecule has 0 aromatic heterocycles. The molecule has 0 aliphatic heterocycles. The molecule has 0 rings (SSSR count). The summed E-state index contributed by atoms with van der Waals surface area (Å²) < 4.78 is 39.1. The van der Waals surface area contributed by atoms with Gasteiger partial charge in [0.2, 0.25) is 0 Å². The fourth-order valence-corrected chi connectivity index (χ4v) is 6.60. The lowest BCUT2D eigenvalue weighted by Gasteiger charge is -2.21. The quantitative estimate of drug-likeness (QED) is 0.0259. The number of phosphoric acid groups is 1. The molecule has 0 aromatic carbocycles. The molecule has 0 fully saturated rings. The molecule has 400 valence electrons. The highest BCUT2D eigenvalue weighted by Crippen LogP contribution is 2.43. The average molecular weight is 1020 g/mol. The highest BCUT2D eigenvalue weighted by atomic mass is 31.2. The highest BCUT2D eigenvalue weighted by Gasteiger charge is 2.28. The van der Waals surface area contributed by atoms with Crippen molar-refractivity contribution in [3.63, 3.8) is 0 Å². The number of aliphatic hydroxyl groups is 1. The van der Waals surface area contributed by atoms with E-state index >= 15 is 0 Å². The first-order chi connectivity index (χ1) is 35.2. The van der Waals surface area contributed by atoms with E-state index in [9.17, 15) is 28.9 Å². The third kappa shape index (κ3) is 49.8. The SMILES string of the molecule is CC/C=C\C/C=C\C/C=C\C/C=C\C/C=C\C/C=C\CCC(=O)OC(COC(=O)CC/C=C\C/C=C\C/C=C\C/C=C\CC)COP(=O)(O)OCC(CO)OC(=O)CC/C=C\C/C=C\C/C=C\C/C=C\CC. The molecule has 0 heterocycles. The first-order valence-corrected chi connectivity index (χ1v) is 27.5. The maximum absolute atomic E-state index is 12.8. The maximum atomic E-state index is 12.8. The molecule has 12 heteroatoms. The van der Waals surface area contributed by atoms with Crippen molar-refractivity contribution in [2.24, 2.45) is 0 Å². The first-order valence-electron chi connectivity index (χ1n) is 26.0. The fourth-order valence-electron chi connectivity index (χ4n) is 5.82. The molecule has 0 amide bonds. The van der Waals surface area contributed by atoms with Gasteiger partial charge < -0.3 is 24.2 Å². The van der Waals surface area contributed by atoms with Gasteiger partial charge in [-0.15, -0.1) is 0 Å². The van der Waals surface area contributed by atoms with Gasteiger partial charge in [0.05, 0.1) is 19.8 Å². The zero-order valence-electron chi connectivity index (χ0n) is 43.8. The summed E-state index contributed by atoms with van der Waals surface area (Å²) in [6.45, 7) is 3.98. The number of carbonyl (C=O) groups is 3. The van der Waals surface area contributed by atoms with Crippen molar-refractivity contribution in [3.05, 3.63) is 170 Å². The smallest absolute Gasteiger partial charge is 0.462 e. The molecule has 2 N–H and O–H groups in total. The Labute approximate surface area is 434 Å². The molecule has 72 heavy (non-hydrogen) atoms. The summed E-state index contributed by atoms with van der Waals surface area (Å²) >= 11 is 0. The van der Waals surface area contributed by atoms with Crippen molar-refractivity contribution in [3.8, 4) is 0 Å². The lowest BCUT2D eigenvalue weighted by molar-refractivity contribution is -0.161. The number of hydrogen-bond donors (Lipinski definition) is 2. The predicted octanol–water partition coefficient (Wildman–Crippen LogP) is 15.1. The van der Waals surface area contributed by atoms with Crippen LogP contribution in [0.1, 0.15) is 149 Å². The van der Waals surface area contributed by atoms with Crippen LogP contribution in [0.3, 0.4) is 0 Å². The summed E-state index contributed by atoms with van der Waals surface area (Å²) in [6.07, 6.45) is 69.5. The molecular formula is C60H89O11P. The summed E-state index contributed by atoms with van der Waals surface area (Å²) in [5.74, 6) is -1.78. The van der Waals surface area contributed by atoms with E-state index in [-0.39, 0.29) is 19.3 Å². The summed E-state index contributed by atoms with van der Waals surface area (Å²) in [4.78, 5) is 48.2. The molecule has 3 unspecified atom stereocenters. The van der Waals surface area contributed by atoms with Crippen LogP contribution in [-0.2, 0) is 42.2 Å². The Morgan fingerprint density at radius 2 is 0.625 bits per heavy atom. The molecule has 0 aliphatic carbocycles. The number of phosphoric ester groups is 1. The number of ether oxygens (including phenoxy) is 3. The van der Waals surface area contributed by atoms with E-state index in [1.165, 1.54) is 0 Å². The Kier molecular flexibility index (Phi) is 48.4. The predicted molar refractivity (Wildman–Crippen MR) is 297 cm³/mol. The molecule has 3 atom stereocenters. The van der Waals surface area contributed by atoms with Crippen molar-refractivity contribution in [2.75, 3.05) is 26.4 Å². The minimum absolute atomic E-state index is 0.0115. The van der Waals surface area contributed by atoms with E-state index < -0.39 is 64.4 Å².